The first-order chi connectivity index (χ1) is 25.8. The molecule has 0 bridgehead atoms. The van der Waals surface area contributed by atoms with Gasteiger partial charge in [-0.15, -0.1) is 0 Å². The Morgan fingerprint density at radius 3 is 1.42 bits per heavy atom. The maximum absolute atomic E-state index is 4.88. The van der Waals surface area contributed by atoms with Crippen molar-refractivity contribution >= 4 is 43.1 Å². The van der Waals surface area contributed by atoms with Crippen LogP contribution < -0.4 is 0 Å². The number of benzene rings is 9. The van der Waals surface area contributed by atoms with Crippen molar-refractivity contribution in [3.8, 4) is 55.8 Å². The highest BCUT2D eigenvalue weighted by Gasteiger charge is 2.19. The van der Waals surface area contributed by atoms with Gasteiger partial charge in [-0.2, -0.15) is 0 Å². The zero-order valence-corrected chi connectivity index (χ0v) is 28.5. The van der Waals surface area contributed by atoms with E-state index in [0.29, 0.717) is 0 Å². The van der Waals surface area contributed by atoms with Crippen molar-refractivity contribution in [2.45, 2.75) is 0 Å². The van der Waals surface area contributed by atoms with E-state index in [4.69, 9.17) is 4.98 Å². The van der Waals surface area contributed by atoms with Crippen LogP contribution >= 0.6 is 0 Å². The number of nitrogens with zero attached hydrogens (tertiary/aromatic N) is 1. The van der Waals surface area contributed by atoms with Crippen molar-refractivity contribution in [2.75, 3.05) is 0 Å². The van der Waals surface area contributed by atoms with Gasteiger partial charge >= 0.3 is 0 Å². The first-order valence-electron chi connectivity index (χ1n) is 17.9. The van der Waals surface area contributed by atoms with E-state index in [1.54, 1.807) is 0 Å². The third kappa shape index (κ3) is 5.06. The largest absolute Gasteiger partial charge is 0.256 e. The van der Waals surface area contributed by atoms with Crippen LogP contribution in [-0.4, -0.2) is 4.98 Å². The van der Waals surface area contributed by atoms with Gasteiger partial charge < -0.3 is 0 Å². The molecule has 0 aliphatic carbocycles. The maximum Gasteiger partial charge on any atom is 0.0702 e. The molecule has 0 amide bonds. The first kappa shape index (κ1) is 30.0. The summed E-state index contributed by atoms with van der Waals surface area (Å²) in [7, 11) is 0. The summed E-state index contributed by atoms with van der Waals surface area (Å²) >= 11 is 0. The van der Waals surface area contributed by atoms with Crippen LogP contribution in [-0.2, 0) is 0 Å². The molecule has 0 saturated heterocycles. The lowest BCUT2D eigenvalue weighted by atomic mass is 9.83. The molecule has 52 heavy (non-hydrogen) atoms. The van der Waals surface area contributed by atoms with E-state index >= 15 is 0 Å². The summed E-state index contributed by atoms with van der Waals surface area (Å²) in [6.45, 7) is 0. The van der Waals surface area contributed by atoms with E-state index in [2.05, 4.69) is 194 Å². The molecule has 0 aliphatic rings. The van der Waals surface area contributed by atoms with Crippen LogP contribution in [0.3, 0.4) is 0 Å². The molecule has 1 nitrogen and oxygen atoms in total. The molecular weight excluding hydrogens is 627 g/mol. The SMILES string of the molecule is c1ccc(-c2ccc(-c3c4ccccc4c(-c4ccc(-c5ccc(-c6ccc7ccccc7c6)nc5)cc4)c4ccccc34)c3ccccc23)cc1. The van der Waals surface area contributed by atoms with Gasteiger partial charge in [-0.25, -0.2) is 0 Å². The monoisotopic (exact) mass is 659 g/mol. The topological polar surface area (TPSA) is 12.9 Å². The number of aromatic nitrogens is 1. The molecule has 0 radical (unpaired) electrons. The molecule has 9 aromatic carbocycles. The van der Waals surface area contributed by atoms with Gasteiger partial charge in [-0.05, 0) is 94.2 Å². The minimum Gasteiger partial charge on any atom is -0.256 e. The molecule has 0 unspecified atom stereocenters. The van der Waals surface area contributed by atoms with Gasteiger partial charge in [-0.1, -0.05) is 182 Å². The summed E-state index contributed by atoms with van der Waals surface area (Å²) in [4.78, 5) is 4.88. The van der Waals surface area contributed by atoms with Crippen molar-refractivity contribution in [1.29, 1.82) is 0 Å². The Morgan fingerprint density at radius 2 is 0.769 bits per heavy atom. The van der Waals surface area contributed by atoms with Gasteiger partial charge in [0.05, 0.1) is 5.69 Å². The van der Waals surface area contributed by atoms with Crippen LogP contribution in [0.2, 0.25) is 0 Å². The van der Waals surface area contributed by atoms with Crippen LogP contribution in [0.1, 0.15) is 0 Å². The molecule has 0 atom stereocenters. The van der Waals surface area contributed by atoms with Gasteiger partial charge in [0.2, 0.25) is 0 Å². The molecule has 10 rings (SSSR count). The lowest BCUT2D eigenvalue weighted by Gasteiger charge is -2.20. The minimum atomic E-state index is 0.978. The molecule has 242 valence electrons. The fourth-order valence-corrected chi connectivity index (χ4v) is 8.03. The normalized spacial score (nSPS) is 11.5. The van der Waals surface area contributed by atoms with Crippen molar-refractivity contribution < 1.29 is 0 Å². The lowest BCUT2D eigenvalue weighted by Crippen LogP contribution is -1.92. The van der Waals surface area contributed by atoms with Gasteiger partial charge in [-0.3, -0.25) is 4.98 Å². The summed E-state index contributed by atoms with van der Waals surface area (Å²) in [5, 5.41) is 10.0. The second-order valence-electron chi connectivity index (χ2n) is 13.5. The number of fused-ring (bicyclic) bond motifs is 4. The van der Waals surface area contributed by atoms with E-state index < -0.39 is 0 Å². The summed E-state index contributed by atoms with van der Waals surface area (Å²) < 4.78 is 0. The standard InChI is InChI=1S/C51H33N/c1-2-13-36(14-3-1)41-29-30-48(43-17-7-6-16-42(41)43)51-46-20-10-8-18-44(46)50(45-19-9-11-21-47(45)51)37-25-22-35(23-26-37)40-28-31-49(52-33-40)39-27-24-34-12-4-5-15-38(34)32-39/h1-33H. The van der Waals surface area contributed by atoms with Crippen LogP contribution in [0, 0.1) is 0 Å². The predicted octanol–water partition coefficient (Wildman–Crippen LogP) is 14.0. The van der Waals surface area contributed by atoms with Gasteiger partial charge in [0.25, 0.3) is 0 Å². The molecule has 1 heterocycles. The van der Waals surface area contributed by atoms with E-state index in [9.17, 15) is 0 Å². The predicted molar refractivity (Wildman–Crippen MR) is 221 cm³/mol. The molecule has 0 fully saturated rings. The van der Waals surface area contributed by atoms with Gasteiger partial charge in [0.15, 0.2) is 0 Å². The minimum absolute atomic E-state index is 0.978. The zero-order chi connectivity index (χ0) is 34.4. The molecule has 0 spiro atoms. The third-order valence-electron chi connectivity index (χ3n) is 10.5. The molecule has 0 N–H and O–H groups in total. The Labute approximate surface area is 303 Å². The molecule has 0 aliphatic heterocycles. The Bertz CT molecular complexity index is 2860. The lowest BCUT2D eigenvalue weighted by molar-refractivity contribution is 1.33. The fraction of sp³-hybridized carbons (Fsp3) is 0. The molecular formula is C51H33N. The Morgan fingerprint density at radius 1 is 0.269 bits per heavy atom. The molecule has 10 aromatic rings. The van der Waals surface area contributed by atoms with Crippen molar-refractivity contribution in [3.63, 3.8) is 0 Å². The molecule has 0 saturated carbocycles. The first-order valence-corrected chi connectivity index (χ1v) is 17.9. The van der Waals surface area contributed by atoms with Crippen LogP contribution in [0.4, 0.5) is 0 Å². The maximum atomic E-state index is 4.88. The van der Waals surface area contributed by atoms with Gasteiger partial charge in [0, 0.05) is 17.3 Å². The van der Waals surface area contributed by atoms with Crippen LogP contribution in [0.15, 0.2) is 200 Å². The van der Waals surface area contributed by atoms with E-state index in [0.717, 1.165) is 22.4 Å². The highest BCUT2D eigenvalue weighted by Crippen LogP contribution is 2.46. The number of hydrogen-bond donors (Lipinski definition) is 0. The Balaban J connectivity index is 1.08. The molecule has 1 aromatic heterocycles. The molecule has 1 heteroatoms. The van der Waals surface area contributed by atoms with E-state index in [1.165, 1.54) is 76.5 Å². The third-order valence-corrected chi connectivity index (χ3v) is 10.5. The Kier molecular flexibility index (Phi) is 7.22. The second-order valence-corrected chi connectivity index (χ2v) is 13.5. The van der Waals surface area contributed by atoms with Gasteiger partial charge in [0.1, 0.15) is 0 Å². The van der Waals surface area contributed by atoms with Crippen molar-refractivity contribution in [3.05, 3.63) is 200 Å². The number of rotatable bonds is 5. The summed E-state index contributed by atoms with van der Waals surface area (Å²) in [6, 6.07) is 70.3. The second kappa shape index (κ2) is 12.5. The average Bonchev–Trinajstić information content (AvgIpc) is 3.23. The van der Waals surface area contributed by atoms with Crippen LogP contribution in [0.5, 0.6) is 0 Å². The average molecular weight is 660 g/mol. The van der Waals surface area contributed by atoms with E-state index in [1.807, 2.05) is 6.20 Å². The summed E-state index contributed by atoms with van der Waals surface area (Å²) in [5.74, 6) is 0. The van der Waals surface area contributed by atoms with Crippen molar-refractivity contribution in [2.24, 2.45) is 0 Å². The van der Waals surface area contributed by atoms with Crippen LogP contribution in [0.25, 0.3) is 98.9 Å². The fourth-order valence-electron chi connectivity index (χ4n) is 8.03. The highest BCUT2D eigenvalue weighted by atomic mass is 14.7. The smallest absolute Gasteiger partial charge is 0.0702 e. The number of hydrogen-bond acceptors (Lipinski definition) is 1. The van der Waals surface area contributed by atoms with Crippen molar-refractivity contribution in [1.82, 2.24) is 4.98 Å². The Hall–Kier alpha value is -6.83. The zero-order valence-electron chi connectivity index (χ0n) is 28.5. The highest BCUT2D eigenvalue weighted by molar-refractivity contribution is 6.24. The number of pyridine rings is 1. The summed E-state index contributed by atoms with van der Waals surface area (Å²) in [5.41, 5.74) is 11.8. The van der Waals surface area contributed by atoms with E-state index in [-0.39, 0.29) is 0 Å². The summed E-state index contributed by atoms with van der Waals surface area (Å²) in [6.07, 6.45) is 1.99. The quantitative estimate of drug-likeness (QED) is 0.168.